The first kappa shape index (κ1) is 20.5. The lowest BCUT2D eigenvalue weighted by Crippen LogP contribution is -2.46. The number of β-amino-alcohol motifs (C(OH)–C–C–N with tert-alkyl or cyclic N) is 1. The minimum atomic E-state index is -0.607. The van der Waals surface area contributed by atoms with Crippen LogP contribution in [0.1, 0.15) is 51.4 Å². The molecule has 1 atom stereocenters. The van der Waals surface area contributed by atoms with E-state index in [0.29, 0.717) is 17.9 Å². The van der Waals surface area contributed by atoms with Crippen LogP contribution < -0.4 is 10.1 Å². The first-order valence-electron chi connectivity index (χ1n) is 8.27. The van der Waals surface area contributed by atoms with E-state index in [2.05, 4.69) is 44.7 Å². The van der Waals surface area contributed by atoms with Crippen LogP contribution in [0, 0.1) is 5.41 Å². The number of aliphatic hydroxyl groups is 1. The zero-order chi connectivity index (χ0) is 18.4. The van der Waals surface area contributed by atoms with Gasteiger partial charge in [0.1, 0.15) is 18.5 Å². The lowest BCUT2D eigenvalue weighted by atomic mass is 9.82. The molecule has 0 fully saturated rings. The van der Waals surface area contributed by atoms with E-state index in [-0.39, 0.29) is 23.5 Å². The summed E-state index contributed by atoms with van der Waals surface area (Å²) < 4.78 is 10.2. The van der Waals surface area contributed by atoms with Gasteiger partial charge in [-0.25, -0.2) is 4.79 Å². The summed E-state index contributed by atoms with van der Waals surface area (Å²) >= 11 is 0. The fourth-order valence-electron chi connectivity index (χ4n) is 2.84. The molecular weight excluding hydrogens is 306 g/mol. The molecule has 136 valence electrons. The minimum absolute atomic E-state index is 0.0542. The number of benzene rings is 1. The van der Waals surface area contributed by atoms with Crippen molar-refractivity contribution in [2.75, 3.05) is 20.3 Å². The first-order valence-corrected chi connectivity index (χ1v) is 8.27. The van der Waals surface area contributed by atoms with E-state index in [1.54, 1.807) is 24.3 Å². The number of rotatable bonds is 8. The van der Waals surface area contributed by atoms with E-state index in [4.69, 9.17) is 4.74 Å². The predicted molar refractivity (Wildman–Crippen MR) is 95.4 cm³/mol. The number of carbonyl (C=O) groups is 1. The maximum absolute atomic E-state index is 11.4. The average molecular weight is 337 g/mol. The highest BCUT2D eigenvalue weighted by atomic mass is 16.5. The minimum Gasteiger partial charge on any atom is -0.491 e. The van der Waals surface area contributed by atoms with Crippen molar-refractivity contribution in [3.05, 3.63) is 29.8 Å². The molecule has 0 aromatic heterocycles. The highest BCUT2D eigenvalue weighted by Crippen LogP contribution is 2.26. The van der Waals surface area contributed by atoms with E-state index < -0.39 is 6.10 Å². The van der Waals surface area contributed by atoms with Crippen LogP contribution in [-0.2, 0) is 4.74 Å². The smallest absolute Gasteiger partial charge is 0.337 e. The summed E-state index contributed by atoms with van der Waals surface area (Å²) in [6.45, 7) is 11.5. The molecule has 0 aliphatic carbocycles. The Kier molecular flexibility index (Phi) is 7.24. The number of aliphatic hydroxyl groups excluding tert-OH is 1. The maximum Gasteiger partial charge on any atom is 0.337 e. The Balaban J connectivity index is 2.41. The normalized spacial score (nSPS) is 13.5. The number of hydrogen-bond donors (Lipinski definition) is 2. The highest BCUT2D eigenvalue weighted by Gasteiger charge is 2.25. The third kappa shape index (κ3) is 7.79. The second-order valence-electron chi connectivity index (χ2n) is 7.98. The van der Waals surface area contributed by atoms with Gasteiger partial charge in [0.25, 0.3) is 0 Å². The number of methoxy groups -OCH3 is 1. The zero-order valence-electron chi connectivity index (χ0n) is 15.7. The molecule has 0 bridgehead atoms. The summed E-state index contributed by atoms with van der Waals surface area (Å²) in [6.07, 6.45) is 0.396. The molecule has 0 aliphatic rings. The number of esters is 1. The molecule has 1 rings (SSSR count). The van der Waals surface area contributed by atoms with Gasteiger partial charge in [0.2, 0.25) is 0 Å². The quantitative estimate of drug-likeness (QED) is 0.714. The van der Waals surface area contributed by atoms with Crippen LogP contribution in [0.25, 0.3) is 0 Å². The Morgan fingerprint density at radius 2 is 1.75 bits per heavy atom. The van der Waals surface area contributed by atoms with E-state index in [9.17, 15) is 9.90 Å². The zero-order valence-corrected chi connectivity index (χ0v) is 15.7. The van der Waals surface area contributed by atoms with E-state index in [0.717, 1.165) is 6.42 Å². The first-order chi connectivity index (χ1) is 11.0. The lowest BCUT2D eigenvalue weighted by molar-refractivity contribution is 0.0600. The van der Waals surface area contributed by atoms with E-state index in [1.165, 1.54) is 7.11 Å². The van der Waals surface area contributed by atoms with Crippen LogP contribution in [0.2, 0.25) is 0 Å². The fourth-order valence-corrected chi connectivity index (χ4v) is 2.84. The summed E-state index contributed by atoms with van der Waals surface area (Å²) in [5.74, 6) is 0.225. The van der Waals surface area contributed by atoms with Crippen LogP contribution in [0.3, 0.4) is 0 Å². The van der Waals surface area contributed by atoms with Gasteiger partial charge in [0, 0.05) is 12.1 Å². The third-order valence-corrected chi connectivity index (χ3v) is 3.51. The Labute approximate surface area is 145 Å². The predicted octanol–water partition coefficient (Wildman–Crippen LogP) is 3.02. The molecular formula is C19H31NO4. The summed E-state index contributed by atoms with van der Waals surface area (Å²) in [4.78, 5) is 11.4. The summed E-state index contributed by atoms with van der Waals surface area (Å²) in [7, 11) is 1.34. The Morgan fingerprint density at radius 3 is 2.25 bits per heavy atom. The van der Waals surface area contributed by atoms with Crippen molar-refractivity contribution in [2.45, 2.75) is 52.7 Å². The summed E-state index contributed by atoms with van der Waals surface area (Å²) in [5.41, 5.74) is 0.636. The Hall–Kier alpha value is -1.59. The van der Waals surface area contributed by atoms with Gasteiger partial charge < -0.3 is 19.9 Å². The molecule has 0 saturated carbocycles. The standard InChI is InChI=1S/C19H31NO4/c1-18(2,3)13-19(4,5)20-11-15(21)12-24-16-9-7-14(8-10-16)17(22)23-6/h7-10,15,20-21H,11-13H2,1-6H3. The van der Waals surface area contributed by atoms with Gasteiger partial charge in [-0.3, -0.25) is 0 Å². The topological polar surface area (TPSA) is 67.8 Å². The molecule has 1 unspecified atom stereocenters. The molecule has 0 spiro atoms. The van der Waals surface area contributed by atoms with Crippen LogP contribution in [0.15, 0.2) is 24.3 Å². The van der Waals surface area contributed by atoms with Crippen LogP contribution in [0.5, 0.6) is 5.75 Å². The molecule has 24 heavy (non-hydrogen) atoms. The second kappa shape index (κ2) is 8.49. The molecule has 0 radical (unpaired) electrons. The maximum atomic E-state index is 11.4. The third-order valence-electron chi connectivity index (χ3n) is 3.51. The summed E-state index contributed by atoms with van der Waals surface area (Å²) in [5, 5.41) is 13.5. The van der Waals surface area contributed by atoms with E-state index >= 15 is 0 Å². The van der Waals surface area contributed by atoms with Gasteiger partial charge in [0.05, 0.1) is 12.7 Å². The largest absolute Gasteiger partial charge is 0.491 e. The van der Waals surface area contributed by atoms with Crippen molar-refractivity contribution in [1.29, 1.82) is 0 Å². The van der Waals surface area contributed by atoms with Crippen molar-refractivity contribution < 1.29 is 19.4 Å². The fraction of sp³-hybridized carbons (Fsp3) is 0.632. The molecule has 0 aliphatic heterocycles. The van der Waals surface area contributed by atoms with Crippen molar-refractivity contribution in [1.82, 2.24) is 5.32 Å². The van der Waals surface area contributed by atoms with Crippen molar-refractivity contribution >= 4 is 5.97 Å². The van der Waals surface area contributed by atoms with Gasteiger partial charge in [-0.05, 0) is 49.9 Å². The SMILES string of the molecule is COC(=O)c1ccc(OCC(O)CNC(C)(C)CC(C)(C)C)cc1. The molecule has 0 saturated heterocycles. The van der Waals surface area contributed by atoms with Crippen LogP contribution in [0.4, 0.5) is 0 Å². The van der Waals surface area contributed by atoms with Gasteiger partial charge >= 0.3 is 5.97 Å². The van der Waals surface area contributed by atoms with Gasteiger partial charge in [-0.2, -0.15) is 0 Å². The molecule has 1 aromatic carbocycles. The average Bonchev–Trinajstić information content (AvgIpc) is 2.48. The molecule has 0 heterocycles. The molecule has 5 heteroatoms. The number of nitrogens with one attached hydrogen (secondary N) is 1. The Morgan fingerprint density at radius 1 is 1.17 bits per heavy atom. The number of carbonyl (C=O) groups excluding carboxylic acids is 1. The van der Waals surface area contributed by atoms with Crippen molar-refractivity contribution in [2.24, 2.45) is 5.41 Å². The highest BCUT2D eigenvalue weighted by molar-refractivity contribution is 5.89. The van der Waals surface area contributed by atoms with Crippen LogP contribution in [-0.4, -0.2) is 43.0 Å². The second-order valence-corrected chi connectivity index (χ2v) is 7.98. The molecule has 2 N–H and O–H groups in total. The summed E-state index contributed by atoms with van der Waals surface area (Å²) in [6, 6.07) is 6.66. The van der Waals surface area contributed by atoms with Gasteiger partial charge in [-0.15, -0.1) is 0 Å². The molecule has 5 nitrogen and oxygen atoms in total. The van der Waals surface area contributed by atoms with Crippen LogP contribution >= 0.6 is 0 Å². The number of ether oxygens (including phenoxy) is 2. The Bertz CT molecular complexity index is 517. The van der Waals surface area contributed by atoms with E-state index in [1.807, 2.05) is 0 Å². The number of hydrogen-bond acceptors (Lipinski definition) is 5. The van der Waals surface area contributed by atoms with Crippen molar-refractivity contribution in [3.8, 4) is 5.75 Å². The lowest BCUT2D eigenvalue weighted by Gasteiger charge is -2.34. The monoisotopic (exact) mass is 337 g/mol. The molecule has 1 aromatic rings. The van der Waals surface area contributed by atoms with Gasteiger partial charge in [-0.1, -0.05) is 20.8 Å². The van der Waals surface area contributed by atoms with Crippen molar-refractivity contribution in [3.63, 3.8) is 0 Å². The molecule has 0 amide bonds. The van der Waals surface area contributed by atoms with Gasteiger partial charge in [0.15, 0.2) is 0 Å².